The number of phenolic OH excluding ortho intramolecular Hbond substituents is 1. The van der Waals surface area contributed by atoms with Crippen molar-refractivity contribution in [1.29, 1.82) is 0 Å². The quantitative estimate of drug-likeness (QED) is 0.420. The number of anilines is 1. The molecule has 1 atom stereocenters. The molecule has 0 radical (unpaired) electrons. The van der Waals surface area contributed by atoms with Crippen LogP contribution in [0.1, 0.15) is 48.3 Å². The second kappa shape index (κ2) is 9.01. The van der Waals surface area contributed by atoms with Gasteiger partial charge in [-0.1, -0.05) is 26.0 Å². The van der Waals surface area contributed by atoms with Gasteiger partial charge in [0.2, 0.25) is 0 Å². The topological polar surface area (TPSA) is 117 Å². The lowest BCUT2D eigenvalue weighted by molar-refractivity contribution is 0.210. The minimum absolute atomic E-state index is 0.0418. The Labute approximate surface area is 180 Å². The van der Waals surface area contributed by atoms with E-state index in [1.165, 1.54) is 6.33 Å². The average Bonchev–Trinajstić information content (AvgIpc) is 2.79. The van der Waals surface area contributed by atoms with E-state index in [-0.39, 0.29) is 5.75 Å². The lowest BCUT2D eigenvalue weighted by Gasteiger charge is -2.15. The first-order chi connectivity index (χ1) is 15.0. The molecule has 0 fully saturated rings. The molecule has 0 aliphatic rings. The predicted octanol–water partition coefficient (Wildman–Crippen LogP) is 3.38. The molecule has 0 saturated carbocycles. The van der Waals surface area contributed by atoms with Crippen LogP contribution < -0.4 is 5.32 Å². The Morgan fingerprint density at radius 3 is 2.58 bits per heavy atom. The molecule has 8 heteroatoms. The number of hydrogen-bond donors (Lipinski definition) is 3. The molecule has 0 bridgehead atoms. The summed E-state index contributed by atoms with van der Waals surface area (Å²) in [4.78, 5) is 21.1. The van der Waals surface area contributed by atoms with Crippen LogP contribution >= 0.6 is 0 Å². The third kappa shape index (κ3) is 4.59. The molecular formula is C23H24N6O2. The van der Waals surface area contributed by atoms with E-state index in [9.17, 15) is 10.2 Å². The van der Waals surface area contributed by atoms with Gasteiger partial charge in [-0.15, -0.1) is 0 Å². The van der Waals surface area contributed by atoms with E-state index >= 15 is 0 Å². The maximum Gasteiger partial charge on any atom is 0.183 e. The van der Waals surface area contributed by atoms with Gasteiger partial charge < -0.3 is 15.5 Å². The second-order valence-electron chi connectivity index (χ2n) is 7.59. The molecule has 1 aromatic carbocycles. The molecule has 0 spiro atoms. The first-order valence-corrected chi connectivity index (χ1v) is 10.1. The zero-order valence-corrected chi connectivity index (χ0v) is 17.4. The van der Waals surface area contributed by atoms with Gasteiger partial charge in [-0.2, -0.15) is 0 Å². The number of aromatic nitrogens is 5. The van der Waals surface area contributed by atoms with E-state index in [2.05, 4.69) is 44.1 Å². The predicted molar refractivity (Wildman–Crippen MR) is 118 cm³/mol. The summed E-state index contributed by atoms with van der Waals surface area (Å²) in [7, 11) is 0. The zero-order valence-electron chi connectivity index (χ0n) is 17.4. The summed E-state index contributed by atoms with van der Waals surface area (Å²) < 4.78 is 0. The normalized spacial score (nSPS) is 12.3. The number of nitrogens with one attached hydrogen (secondary N) is 1. The molecule has 3 aromatic heterocycles. The second-order valence-corrected chi connectivity index (χ2v) is 7.59. The first kappa shape index (κ1) is 20.6. The van der Waals surface area contributed by atoms with Crippen molar-refractivity contribution < 1.29 is 10.2 Å². The number of aliphatic hydroxyl groups is 1. The van der Waals surface area contributed by atoms with Gasteiger partial charge in [0.25, 0.3) is 0 Å². The summed E-state index contributed by atoms with van der Waals surface area (Å²) >= 11 is 0. The third-order valence-electron chi connectivity index (χ3n) is 5.12. The molecule has 0 saturated heterocycles. The number of rotatable bonds is 7. The number of benzene rings is 1. The van der Waals surface area contributed by atoms with Gasteiger partial charge in [-0.05, 0) is 41.7 Å². The molecular weight excluding hydrogens is 392 g/mol. The highest BCUT2D eigenvalue weighted by Crippen LogP contribution is 2.30. The number of aromatic hydroxyl groups is 1. The summed E-state index contributed by atoms with van der Waals surface area (Å²) in [5.41, 5.74) is 4.12. The maximum atomic E-state index is 10.7. The van der Waals surface area contributed by atoms with Crippen LogP contribution in [0.25, 0.3) is 11.2 Å². The number of aliphatic hydroxyl groups excluding tert-OH is 1. The number of nitrogens with zero attached hydrogens (tertiary/aromatic N) is 5. The van der Waals surface area contributed by atoms with Crippen molar-refractivity contribution in [2.45, 2.75) is 32.3 Å². The van der Waals surface area contributed by atoms with Crippen LogP contribution in [0.2, 0.25) is 0 Å². The van der Waals surface area contributed by atoms with Gasteiger partial charge >= 0.3 is 0 Å². The Morgan fingerprint density at radius 2 is 1.77 bits per heavy atom. The highest BCUT2D eigenvalue weighted by atomic mass is 16.3. The van der Waals surface area contributed by atoms with Gasteiger partial charge in [0.15, 0.2) is 11.5 Å². The van der Waals surface area contributed by atoms with Crippen molar-refractivity contribution in [2.75, 3.05) is 11.9 Å². The highest BCUT2D eigenvalue weighted by molar-refractivity contribution is 5.81. The Hall–Kier alpha value is -3.65. The summed E-state index contributed by atoms with van der Waals surface area (Å²) in [5, 5.41) is 24.5. The van der Waals surface area contributed by atoms with Gasteiger partial charge in [0.05, 0.1) is 5.69 Å². The van der Waals surface area contributed by atoms with Crippen molar-refractivity contribution in [2.24, 2.45) is 0 Å². The number of hydrogen-bond acceptors (Lipinski definition) is 8. The van der Waals surface area contributed by atoms with Crippen LogP contribution in [-0.2, 0) is 6.42 Å². The van der Waals surface area contributed by atoms with E-state index in [4.69, 9.17) is 0 Å². The fourth-order valence-corrected chi connectivity index (χ4v) is 3.36. The van der Waals surface area contributed by atoms with Crippen molar-refractivity contribution in [1.82, 2.24) is 24.9 Å². The highest BCUT2D eigenvalue weighted by Gasteiger charge is 2.17. The number of pyridine rings is 1. The van der Waals surface area contributed by atoms with E-state index in [1.807, 2.05) is 18.2 Å². The van der Waals surface area contributed by atoms with Gasteiger partial charge in [-0.3, -0.25) is 4.98 Å². The minimum Gasteiger partial charge on any atom is -0.508 e. The Bertz CT molecular complexity index is 1190. The molecule has 0 amide bonds. The molecule has 3 N–H and O–H groups in total. The monoisotopic (exact) mass is 416 g/mol. The van der Waals surface area contributed by atoms with Crippen molar-refractivity contribution in [3.05, 3.63) is 77.6 Å². The molecule has 158 valence electrons. The van der Waals surface area contributed by atoms with E-state index in [1.54, 1.807) is 30.7 Å². The fraction of sp³-hybridized carbons (Fsp3) is 0.261. The molecule has 4 rings (SSSR count). The van der Waals surface area contributed by atoms with Crippen molar-refractivity contribution in [3.8, 4) is 5.75 Å². The molecule has 0 aliphatic carbocycles. The third-order valence-corrected chi connectivity index (χ3v) is 5.12. The number of phenols is 1. The summed E-state index contributed by atoms with van der Waals surface area (Å²) in [6, 6.07) is 9.12. The van der Waals surface area contributed by atoms with Crippen LogP contribution in [0.4, 0.5) is 5.82 Å². The lowest BCUT2D eigenvalue weighted by atomic mass is 9.98. The summed E-state index contributed by atoms with van der Waals surface area (Å²) in [6.45, 7) is 4.76. The molecule has 3 heterocycles. The Balaban J connectivity index is 1.44. The van der Waals surface area contributed by atoms with Crippen LogP contribution in [0, 0.1) is 0 Å². The van der Waals surface area contributed by atoms with Crippen molar-refractivity contribution >= 4 is 17.0 Å². The average molecular weight is 416 g/mol. The van der Waals surface area contributed by atoms with Crippen molar-refractivity contribution in [3.63, 3.8) is 0 Å². The number of fused-ring (bicyclic) bond motifs is 1. The minimum atomic E-state index is -0.989. The largest absolute Gasteiger partial charge is 0.508 e. The standard InChI is InChI=1S/C23H24N6O2/c1-14(2)16-6-8-24-18(12-16)21(31)17-4-3-15(11-19(17)30)5-7-26-22-20-23(29-13-28-22)27-10-9-25-20/h3-4,6,8-14,21,30-31H,5,7H2,1-2H3,(H,26,27,28,29). The fourth-order valence-electron chi connectivity index (χ4n) is 3.36. The van der Waals surface area contributed by atoms with Gasteiger partial charge in [-0.25, -0.2) is 19.9 Å². The molecule has 0 aliphatic heterocycles. The maximum absolute atomic E-state index is 10.7. The van der Waals surface area contributed by atoms with Crippen LogP contribution in [0.3, 0.4) is 0 Å². The smallest absolute Gasteiger partial charge is 0.183 e. The van der Waals surface area contributed by atoms with Gasteiger partial charge in [0.1, 0.15) is 23.7 Å². The van der Waals surface area contributed by atoms with Gasteiger partial charge in [0, 0.05) is 30.7 Å². The molecule has 31 heavy (non-hydrogen) atoms. The van der Waals surface area contributed by atoms with Crippen LogP contribution in [0.5, 0.6) is 5.75 Å². The Morgan fingerprint density at radius 1 is 0.935 bits per heavy atom. The zero-order chi connectivity index (χ0) is 21.8. The summed E-state index contributed by atoms with van der Waals surface area (Å²) in [5.74, 6) is 0.987. The summed E-state index contributed by atoms with van der Waals surface area (Å²) in [6.07, 6.45) is 5.99. The van der Waals surface area contributed by atoms with E-state index in [0.717, 1.165) is 11.1 Å². The van der Waals surface area contributed by atoms with Crippen LogP contribution in [0.15, 0.2) is 55.2 Å². The SMILES string of the molecule is CC(C)c1ccnc(C(O)c2ccc(CCNc3ncnc4nccnc34)cc2O)c1. The molecule has 1 unspecified atom stereocenters. The van der Waals surface area contributed by atoms with E-state index in [0.29, 0.717) is 47.1 Å². The first-order valence-electron chi connectivity index (χ1n) is 10.1. The molecule has 4 aromatic rings. The molecule has 8 nitrogen and oxygen atoms in total. The lowest BCUT2D eigenvalue weighted by Crippen LogP contribution is -2.08. The Kier molecular flexibility index (Phi) is 5.99. The van der Waals surface area contributed by atoms with E-state index < -0.39 is 6.10 Å². The van der Waals surface area contributed by atoms with Crippen LogP contribution in [-0.4, -0.2) is 41.7 Å².